The Balaban J connectivity index is 1.59. The molecule has 2 aromatic carbocycles. The molecule has 2 amide bonds. The zero-order chi connectivity index (χ0) is 20.9. The van der Waals surface area contributed by atoms with Gasteiger partial charge in [-0.15, -0.1) is 0 Å². The van der Waals surface area contributed by atoms with Gasteiger partial charge in [0, 0.05) is 30.7 Å². The average molecular weight is 396 g/mol. The lowest BCUT2D eigenvalue weighted by Crippen LogP contribution is -2.23. The van der Waals surface area contributed by atoms with Gasteiger partial charge in [0.25, 0.3) is 5.91 Å². The molecule has 0 bridgehead atoms. The molecule has 6 nitrogen and oxygen atoms in total. The summed E-state index contributed by atoms with van der Waals surface area (Å²) in [5, 5.41) is 6.48. The van der Waals surface area contributed by atoms with Crippen molar-refractivity contribution in [1.82, 2.24) is 15.3 Å². The lowest BCUT2D eigenvalue weighted by Gasteiger charge is -2.11. The van der Waals surface area contributed by atoms with Crippen LogP contribution in [0.25, 0.3) is 22.3 Å². The van der Waals surface area contributed by atoms with Gasteiger partial charge < -0.3 is 10.6 Å². The highest BCUT2D eigenvalue weighted by Crippen LogP contribution is 2.23. The second-order valence-electron chi connectivity index (χ2n) is 6.85. The maximum atomic E-state index is 13.0. The molecule has 0 unspecified atom stereocenters. The predicted octanol–water partition coefficient (Wildman–Crippen LogP) is 4.19. The highest BCUT2D eigenvalue weighted by molar-refractivity contribution is 6.07. The Kier molecular flexibility index (Phi) is 5.48. The molecule has 30 heavy (non-hydrogen) atoms. The fourth-order valence-corrected chi connectivity index (χ4v) is 3.20. The van der Waals surface area contributed by atoms with E-state index in [9.17, 15) is 9.59 Å². The quantitative estimate of drug-likeness (QED) is 0.530. The SMILES string of the molecule is CC(=O)Nc1ccc(CNC(=O)c2cc(-c3ccccn3)nc3ccccc23)cc1. The molecule has 4 rings (SSSR count). The number of anilines is 1. The van der Waals surface area contributed by atoms with E-state index in [0.29, 0.717) is 23.5 Å². The highest BCUT2D eigenvalue weighted by atomic mass is 16.2. The van der Waals surface area contributed by atoms with Gasteiger partial charge in [-0.25, -0.2) is 4.98 Å². The van der Waals surface area contributed by atoms with Gasteiger partial charge in [-0.2, -0.15) is 0 Å². The normalized spacial score (nSPS) is 10.6. The molecule has 0 fully saturated rings. The topological polar surface area (TPSA) is 84.0 Å². The van der Waals surface area contributed by atoms with Gasteiger partial charge >= 0.3 is 0 Å². The summed E-state index contributed by atoms with van der Waals surface area (Å²) in [4.78, 5) is 33.2. The van der Waals surface area contributed by atoms with Gasteiger partial charge in [0.1, 0.15) is 0 Å². The Hall–Kier alpha value is -4.06. The van der Waals surface area contributed by atoms with Crippen molar-refractivity contribution in [1.29, 1.82) is 0 Å². The molecule has 148 valence electrons. The first-order valence-electron chi connectivity index (χ1n) is 9.56. The molecule has 0 radical (unpaired) electrons. The number of carbonyl (C=O) groups is 2. The van der Waals surface area contributed by atoms with E-state index in [1.54, 1.807) is 12.3 Å². The average Bonchev–Trinajstić information content (AvgIpc) is 2.78. The number of benzene rings is 2. The largest absolute Gasteiger partial charge is 0.348 e. The number of nitrogens with zero attached hydrogens (tertiary/aromatic N) is 2. The van der Waals surface area contributed by atoms with E-state index in [0.717, 1.165) is 22.2 Å². The van der Waals surface area contributed by atoms with E-state index in [2.05, 4.69) is 20.6 Å². The summed E-state index contributed by atoms with van der Waals surface area (Å²) < 4.78 is 0. The van der Waals surface area contributed by atoms with Crippen molar-refractivity contribution in [2.24, 2.45) is 0 Å². The molecular formula is C24H20N4O2. The second-order valence-corrected chi connectivity index (χ2v) is 6.85. The van der Waals surface area contributed by atoms with Crippen molar-refractivity contribution in [3.63, 3.8) is 0 Å². The van der Waals surface area contributed by atoms with Crippen molar-refractivity contribution in [2.45, 2.75) is 13.5 Å². The molecule has 2 N–H and O–H groups in total. The summed E-state index contributed by atoms with van der Waals surface area (Å²) in [5.74, 6) is -0.305. The van der Waals surface area contributed by atoms with E-state index < -0.39 is 0 Å². The van der Waals surface area contributed by atoms with E-state index in [1.165, 1.54) is 6.92 Å². The molecule has 0 aliphatic heterocycles. The molecule has 0 spiro atoms. The van der Waals surface area contributed by atoms with Crippen LogP contribution < -0.4 is 10.6 Å². The molecular weight excluding hydrogens is 376 g/mol. The number of fused-ring (bicyclic) bond motifs is 1. The zero-order valence-electron chi connectivity index (χ0n) is 16.4. The summed E-state index contributed by atoms with van der Waals surface area (Å²) >= 11 is 0. The minimum atomic E-state index is -0.184. The number of pyridine rings is 2. The molecule has 0 atom stereocenters. The van der Waals surface area contributed by atoms with Gasteiger partial charge in [0.05, 0.1) is 22.5 Å². The molecule has 4 aromatic rings. The number of carbonyl (C=O) groups excluding carboxylic acids is 2. The van der Waals surface area contributed by atoms with Crippen LogP contribution in [0.5, 0.6) is 0 Å². The minimum absolute atomic E-state index is 0.121. The predicted molar refractivity (Wildman–Crippen MR) is 117 cm³/mol. The van der Waals surface area contributed by atoms with Gasteiger partial charge in [-0.1, -0.05) is 36.4 Å². The van der Waals surface area contributed by atoms with E-state index in [1.807, 2.05) is 66.7 Å². The Labute approximate surface area is 174 Å². The first kappa shape index (κ1) is 19.3. The fourth-order valence-electron chi connectivity index (χ4n) is 3.20. The number of nitrogens with one attached hydrogen (secondary N) is 2. The molecule has 0 aliphatic rings. The van der Waals surface area contributed by atoms with Crippen molar-refractivity contribution in [2.75, 3.05) is 5.32 Å². The van der Waals surface area contributed by atoms with Crippen LogP contribution in [0, 0.1) is 0 Å². The maximum Gasteiger partial charge on any atom is 0.252 e. The number of para-hydroxylation sites is 1. The maximum absolute atomic E-state index is 13.0. The second kappa shape index (κ2) is 8.53. The summed E-state index contributed by atoms with van der Waals surface area (Å²) in [5.41, 5.74) is 4.31. The van der Waals surface area contributed by atoms with Crippen LogP contribution in [0.15, 0.2) is 79.0 Å². The van der Waals surface area contributed by atoms with Crippen LogP contribution >= 0.6 is 0 Å². The third-order valence-corrected chi connectivity index (χ3v) is 4.62. The van der Waals surface area contributed by atoms with Gasteiger partial charge in [-0.05, 0) is 42.0 Å². The number of aromatic nitrogens is 2. The first-order valence-corrected chi connectivity index (χ1v) is 9.56. The van der Waals surface area contributed by atoms with Crippen molar-refractivity contribution >= 4 is 28.4 Å². The van der Waals surface area contributed by atoms with E-state index in [4.69, 9.17) is 0 Å². The standard InChI is InChI=1S/C24H20N4O2/c1-16(29)27-18-11-9-17(10-12-18)15-26-24(30)20-14-23(22-8-4-5-13-25-22)28-21-7-3-2-6-19(20)21/h2-14H,15H2,1H3,(H,26,30)(H,27,29). The summed E-state index contributed by atoms with van der Waals surface area (Å²) in [6, 6.07) is 22.3. The van der Waals surface area contributed by atoms with Crippen LogP contribution in [0.2, 0.25) is 0 Å². The van der Waals surface area contributed by atoms with Crippen LogP contribution in [-0.4, -0.2) is 21.8 Å². The lowest BCUT2D eigenvalue weighted by molar-refractivity contribution is -0.114. The smallest absolute Gasteiger partial charge is 0.252 e. The summed E-state index contributed by atoms with van der Waals surface area (Å²) in [6.45, 7) is 1.83. The van der Waals surface area contributed by atoms with Crippen LogP contribution in [-0.2, 0) is 11.3 Å². The van der Waals surface area contributed by atoms with Crippen LogP contribution in [0.1, 0.15) is 22.8 Å². The fraction of sp³-hybridized carbons (Fsp3) is 0.0833. The molecule has 0 saturated heterocycles. The highest BCUT2D eigenvalue weighted by Gasteiger charge is 2.14. The van der Waals surface area contributed by atoms with Gasteiger partial charge in [-0.3, -0.25) is 14.6 Å². The third-order valence-electron chi connectivity index (χ3n) is 4.62. The van der Waals surface area contributed by atoms with Crippen molar-refractivity contribution < 1.29 is 9.59 Å². The Bertz CT molecular complexity index is 1210. The zero-order valence-corrected chi connectivity index (χ0v) is 16.4. The van der Waals surface area contributed by atoms with Gasteiger partial charge in [0.15, 0.2) is 0 Å². The Morgan fingerprint density at radius 1 is 0.900 bits per heavy atom. The molecule has 6 heteroatoms. The lowest BCUT2D eigenvalue weighted by atomic mass is 10.1. The monoisotopic (exact) mass is 396 g/mol. The van der Waals surface area contributed by atoms with Crippen molar-refractivity contribution in [3.05, 3.63) is 90.1 Å². The molecule has 0 saturated carbocycles. The van der Waals surface area contributed by atoms with Gasteiger partial charge in [0.2, 0.25) is 5.91 Å². The number of hydrogen-bond acceptors (Lipinski definition) is 4. The van der Waals surface area contributed by atoms with Crippen molar-refractivity contribution in [3.8, 4) is 11.4 Å². The number of amides is 2. The number of rotatable bonds is 5. The first-order chi connectivity index (χ1) is 14.6. The third kappa shape index (κ3) is 4.33. The minimum Gasteiger partial charge on any atom is -0.348 e. The number of hydrogen-bond donors (Lipinski definition) is 2. The van der Waals surface area contributed by atoms with Crippen LogP contribution in [0.4, 0.5) is 5.69 Å². The van der Waals surface area contributed by atoms with E-state index in [-0.39, 0.29) is 11.8 Å². The Morgan fingerprint density at radius 3 is 2.40 bits per heavy atom. The molecule has 2 heterocycles. The summed E-state index contributed by atoms with van der Waals surface area (Å²) in [7, 11) is 0. The van der Waals surface area contributed by atoms with E-state index >= 15 is 0 Å². The Morgan fingerprint density at radius 2 is 1.67 bits per heavy atom. The molecule has 0 aliphatic carbocycles. The molecule has 2 aromatic heterocycles. The summed E-state index contributed by atoms with van der Waals surface area (Å²) in [6.07, 6.45) is 1.70. The van der Waals surface area contributed by atoms with Crippen LogP contribution in [0.3, 0.4) is 0 Å².